The molecule has 3 amide bonds. The van der Waals surface area contributed by atoms with E-state index in [1.54, 1.807) is 0 Å². The molecule has 1 saturated carbocycles. The van der Waals surface area contributed by atoms with E-state index in [-0.39, 0.29) is 43.3 Å². The van der Waals surface area contributed by atoms with Gasteiger partial charge >= 0.3 is 6.09 Å². The maximum Gasteiger partial charge on any atom is 0.413 e. The van der Waals surface area contributed by atoms with Crippen LogP contribution in [0.25, 0.3) is 0 Å². The van der Waals surface area contributed by atoms with Crippen LogP contribution in [0.4, 0.5) is 9.93 Å². The second kappa shape index (κ2) is 11.0. The number of rotatable bonds is 9. The van der Waals surface area contributed by atoms with Crippen LogP contribution in [0.1, 0.15) is 56.5 Å². The van der Waals surface area contributed by atoms with Crippen LogP contribution in [0, 0.1) is 16.7 Å². The number of aromatic nitrogens is 1. The molecule has 0 bridgehead atoms. The molecule has 10 nitrogen and oxygen atoms in total. The number of hydrogen-bond donors (Lipinski definition) is 5. The Kier molecular flexibility index (Phi) is 8.55. The largest absolute Gasteiger partial charge is 0.445 e. The van der Waals surface area contributed by atoms with Crippen molar-refractivity contribution < 1.29 is 29.3 Å². The number of hydrogen-bond acceptors (Lipinski definition) is 8. The van der Waals surface area contributed by atoms with Crippen LogP contribution in [0.3, 0.4) is 0 Å². The molecule has 1 heterocycles. The van der Waals surface area contributed by atoms with Gasteiger partial charge in [0.25, 0.3) is 0 Å². The Morgan fingerprint density at radius 3 is 2.66 bits per heavy atom. The van der Waals surface area contributed by atoms with Crippen molar-refractivity contribution in [2.24, 2.45) is 16.7 Å². The summed E-state index contributed by atoms with van der Waals surface area (Å²) in [7, 11) is 0. The SMILES string of the molecule is C=CCOC(=O)Nc1nc2c(s1)C[C@@H]1[C@](C)(CO)[C@H](O)CC[C@@]1(C)[C@@H]2CC(=O)NCCNC(C)=O. The normalized spacial score (nSPS) is 29.3. The number of carbonyl (C=O) groups is 3. The minimum Gasteiger partial charge on any atom is -0.445 e. The van der Waals surface area contributed by atoms with Gasteiger partial charge in [-0.15, -0.1) is 11.3 Å². The summed E-state index contributed by atoms with van der Waals surface area (Å²) in [6, 6.07) is 0. The Morgan fingerprint density at radius 1 is 1.29 bits per heavy atom. The molecular weight excluding hydrogens is 472 g/mol. The average molecular weight is 509 g/mol. The fourth-order valence-electron chi connectivity index (χ4n) is 5.66. The number of amides is 3. The molecule has 5 N–H and O–H groups in total. The van der Waals surface area contributed by atoms with Gasteiger partial charge in [0, 0.05) is 42.6 Å². The Bertz CT molecular complexity index is 968. The van der Waals surface area contributed by atoms with Crippen molar-refractivity contribution in [2.45, 2.75) is 58.5 Å². The van der Waals surface area contributed by atoms with Gasteiger partial charge < -0.3 is 25.6 Å². The third kappa shape index (κ3) is 5.68. The molecule has 0 saturated heterocycles. The van der Waals surface area contributed by atoms with E-state index in [1.165, 1.54) is 24.3 Å². The molecule has 5 atom stereocenters. The number of ether oxygens (including phenoxy) is 1. The highest BCUT2D eigenvalue weighted by Crippen LogP contribution is 2.62. The van der Waals surface area contributed by atoms with Gasteiger partial charge in [-0.1, -0.05) is 26.5 Å². The number of nitrogens with one attached hydrogen (secondary N) is 3. The first-order valence-electron chi connectivity index (χ1n) is 11.9. The standard InChI is InChI=1S/C24H36N4O6S/c1-5-10-34-22(33)28-21-27-20-15(11-19(32)26-9-8-25-14(2)30)23(3)7-6-18(31)24(4,13-29)17(23)12-16(20)35-21/h5,15,17-18,29,31H,1,6-13H2,2-4H3,(H,25,30)(H,26,32)(H,27,28,33)/t15-,17+,18-,23+,24+/m1/s1. The second-order valence-electron chi connectivity index (χ2n) is 9.91. The lowest BCUT2D eigenvalue weighted by Crippen LogP contribution is -2.57. The zero-order chi connectivity index (χ0) is 25.8. The van der Waals surface area contributed by atoms with E-state index in [4.69, 9.17) is 9.72 Å². The molecule has 0 spiro atoms. The number of carbonyl (C=O) groups excluding carboxylic acids is 3. The van der Waals surface area contributed by atoms with Crippen LogP contribution in [0.5, 0.6) is 0 Å². The maximum absolute atomic E-state index is 12.9. The van der Waals surface area contributed by atoms with Gasteiger partial charge in [-0.2, -0.15) is 0 Å². The Morgan fingerprint density at radius 2 is 2.00 bits per heavy atom. The van der Waals surface area contributed by atoms with Gasteiger partial charge in [0.2, 0.25) is 11.8 Å². The van der Waals surface area contributed by atoms with Gasteiger partial charge in [0.1, 0.15) is 6.61 Å². The highest BCUT2D eigenvalue weighted by molar-refractivity contribution is 7.15. The van der Waals surface area contributed by atoms with Gasteiger partial charge in [-0.05, 0) is 30.6 Å². The number of anilines is 1. The summed E-state index contributed by atoms with van der Waals surface area (Å²) in [6.07, 6.45) is 2.13. The number of aliphatic hydroxyl groups is 2. The lowest BCUT2D eigenvalue weighted by molar-refractivity contribution is -0.144. The summed E-state index contributed by atoms with van der Waals surface area (Å²) >= 11 is 1.33. The molecule has 1 fully saturated rings. The third-order valence-electron chi connectivity index (χ3n) is 7.65. The van der Waals surface area contributed by atoms with Crippen LogP contribution in [-0.2, 0) is 20.7 Å². The van der Waals surface area contributed by atoms with E-state index in [0.29, 0.717) is 37.5 Å². The van der Waals surface area contributed by atoms with E-state index in [1.807, 2.05) is 6.92 Å². The lowest BCUT2D eigenvalue weighted by atomic mass is 9.47. The molecule has 0 aliphatic heterocycles. The molecule has 2 aliphatic rings. The molecule has 0 radical (unpaired) electrons. The first kappa shape index (κ1) is 27.1. The lowest BCUT2D eigenvalue weighted by Gasteiger charge is -2.58. The van der Waals surface area contributed by atoms with Gasteiger partial charge in [0.15, 0.2) is 5.13 Å². The van der Waals surface area contributed by atoms with E-state index >= 15 is 0 Å². The molecule has 0 aromatic carbocycles. The van der Waals surface area contributed by atoms with Crippen molar-refractivity contribution in [3.63, 3.8) is 0 Å². The van der Waals surface area contributed by atoms with E-state index in [0.717, 1.165) is 10.6 Å². The first-order valence-corrected chi connectivity index (χ1v) is 12.7. The molecule has 3 rings (SSSR count). The van der Waals surface area contributed by atoms with Crippen LogP contribution in [-0.4, -0.2) is 65.5 Å². The molecule has 1 aromatic heterocycles. The molecule has 194 valence electrons. The number of fused-ring (bicyclic) bond motifs is 2. The van der Waals surface area contributed by atoms with Crippen LogP contribution >= 0.6 is 11.3 Å². The summed E-state index contributed by atoms with van der Waals surface area (Å²) in [4.78, 5) is 41.7. The minimum atomic E-state index is -0.731. The summed E-state index contributed by atoms with van der Waals surface area (Å²) in [5, 5.41) is 29.7. The van der Waals surface area contributed by atoms with Gasteiger partial charge in [-0.3, -0.25) is 14.9 Å². The Balaban J connectivity index is 1.90. The minimum absolute atomic E-state index is 0.0745. The van der Waals surface area contributed by atoms with Crippen LogP contribution in [0.2, 0.25) is 0 Å². The average Bonchev–Trinajstić information content (AvgIpc) is 3.21. The number of thiazole rings is 1. The summed E-state index contributed by atoms with van der Waals surface area (Å²) in [5.41, 5.74) is -0.361. The molecule has 11 heteroatoms. The zero-order valence-electron chi connectivity index (χ0n) is 20.6. The van der Waals surface area contributed by atoms with Crippen molar-refractivity contribution in [1.82, 2.24) is 15.6 Å². The number of aliphatic hydroxyl groups excluding tert-OH is 2. The topological polar surface area (TPSA) is 150 Å². The fourth-order valence-corrected chi connectivity index (χ4v) is 6.71. The van der Waals surface area contributed by atoms with Crippen molar-refractivity contribution in [2.75, 3.05) is 31.6 Å². The maximum atomic E-state index is 12.9. The molecule has 1 aromatic rings. The Hall–Kier alpha value is -2.50. The molecule has 0 unspecified atom stereocenters. The first-order chi connectivity index (χ1) is 16.5. The van der Waals surface area contributed by atoms with Gasteiger partial charge in [0.05, 0.1) is 18.4 Å². The predicted octanol–water partition coefficient (Wildman–Crippen LogP) is 1.94. The molecular formula is C24H36N4O6S. The van der Waals surface area contributed by atoms with Crippen molar-refractivity contribution in [1.29, 1.82) is 0 Å². The Labute approximate surface area is 209 Å². The summed E-state index contributed by atoms with van der Waals surface area (Å²) in [5.74, 6) is -0.691. The second-order valence-corrected chi connectivity index (χ2v) is 11.0. The zero-order valence-corrected chi connectivity index (χ0v) is 21.4. The highest BCUT2D eigenvalue weighted by Gasteiger charge is 2.59. The monoisotopic (exact) mass is 508 g/mol. The highest BCUT2D eigenvalue weighted by atomic mass is 32.1. The van der Waals surface area contributed by atoms with Crippen molar-refractivity contribution in [3.8, 4) is 0 Å². The van der Waals surface area contributed by atoms with Crippen molar-refractivity contribution in [3.05, 3.63) is 23.2 Å². The predicted molar refractivity (Wildman–Crippen MR) is 132 cm³/mol. The van der Waals surface area contributed by atoms with E-state index < -0.39 is 23.0 Å². The van der Waals surface area contributed by atoms with Crippen LogP contribution in [0.15, 0.2) is 12.7 Å². The van der Waals surface area contributed by atoms with E-state index in [2.05, 4.69) is 29.5 Å². The summed E-state index contributed by atoms with van der Waals surface area (Å²) < 4.78 is 5.01. The smallest absolute Gasteiger partial charge is 0.413 e. The quantitative estimate of drug-likeness (QED) is 0.253. The van der Waals surface area contributed by atoms with Crippen molar-refractivity contribution >= 4 is 34.4 Å². The molecule has 2 aliphatic carbocycles. The van der Waals surface area contributed by atoms with E-state index in [9.17, 15) is 24.6 Å². The van der Waals surface area contributed by atoms with Gasteiger partial charge in [-0.25, -0.2) is 9.78 Å². The fraction of sp³-hybridized carbons (Fsp3) is 0.667. The molecule has 35 heavy (non-hydrogen) atoms. The number of nitrogens with zero attached hydrogens (tertiary/aromatic N) is 1. The third-order valence-corrected chi connectivity index (χ3v) is 8.65. The van der Waals surface area contributed by atoms with Crippen LogP contribution < -0.4 is 16.0 Å². The summed E-state index contributed by atoms with van der Waals surface area (Å²) in [6.45, 7) is 9.51.